The monoisotopic (exact) mass is 227 g/mol. The number of rotatable bonds is 6. The molecule has 6 heteroatoms. The molecule has 0 aliphatic heterocycles. The minimum atomic E-state index is -0.304. The van der Waals surface area contributed by atoms with Crippen LogP contribution >= 0.6 is 0 Å². The van der Waals surface area contributed by atoms with Crippen LogP contribution in [0, 0.1) is 6.92 Å². The largest absolute Gasteiger partial charge is 0.481 e. The maximum atomic E-state index is 5.05. The molecule has 0 radical (unpaired) electrons. The fourth-order valence-corrected chi connectivity index (χ4v) is 1.19. The second-order valence-electron chi connectivity index (χ2n) is 3.12. The molecule has 1 N–H and O–H groups in total. The molecule has 0 saturated carbocycles. The third-order valence-electron chi connectivity index (χ3n) is 2.00. The fraction of sp³-hybridized carbons (Fsp3) is 0.600. The van der Waals surface area contributed by atoms with Crippen molar-refractivity contribution in [3.63, 3.8) is 0 Å². The van der Waals surface area contributed by atoms with Crippen LogP contribution in [-0.4, -0.2) is 44.1 Å². The van der Waals surface area contributed by atoms with Crippen molar-refractivity contribution in [3.8, 4) is 5.88 Å². The second kappa shape index (κ2) is 6.24. The highest BCUT2D eigenvalue weighted by Crippen LogP contribution is 2.12. The zero-order valence-corrected chi connectivity index (χ0v) is 9.98. The molecule has 16 heavy (non-hydrogen) atoms. The highest BCUT2D eigenvalue weighted by atomic mass is 16.7. The summed E-state index contributed by atoms with van der Waals surface area (Å²) in [7, 11) is 4.74. The van der Waals surface area contributed by atoms with Crippen molar-refractivity contribution in [2.45, 2.75) is 13.2 Å². The summed E-state index contributed by atoms with van der Waals surface area (Å²) < 4.78 is 15.1. The van der Waals surface area contributed by atoms with Gasteiger partial charge in [-0.05, 0) is 6.92 Å². The number of ether oxygens (including phenoxy) is 3. The van der Waals surface area contributed by atoms with Crippen LogP contribution in [0.25, 0.3) is 0 Å². The zero-order valence-electron chi connectivity index (χ0n) is 9.98. The lowest BCUT2D eigenvalue weighted by Gasteiger charge is -2.14. The lowest BCUT2D eigenvalue weighted by molar-refractivity contribution is -0.0914. The molecule has 0 aliphatic rings. The number of anilines is 1. The molecule has 0 fully saturated rings. The predicted molar refractivity (Wildman–Crippen MR) is 59.6 cm³/mol. The zero-order chi connectivity index (χ0) is 12.0. The van der Waals surface area contributed by atoms with Gasteiger partial charge in [0.2, 0.25) is 5.88 Å². The van der Waals surface area contributed by atoms with Gasteiger partial charge in [0.15, 0.2) is 6.29 Å². The Balaban J connectivity index is 2.62. The molecule has 0 aliphatic carbocycles. The first-order chi connectivity index (χ1) is 7.69. The van der Waals surface area contributed by atoms with Crippen molar-refractivity contribution >= 4 is 5.82 Å². The van der Waals surface area contributed by atoms with Gasteiger partial charge in [0.25, 0.3) is 0 Å². The van der Waals surface area contributed by atoms with Crippen LogP contribution < -0.4 is 10.1 Å². The molecule has 0 spiro atoms. The summed E-state index contributed by atoms with van der Waals surface area (Å²) in [5, 5.41) is 3.08. The van der Waals surface area contributed by atoms with E-state index in [2.05, 4.69) is 15.3 Å². The molecule has 0 aromatic carbocycles. The Bertz CT molecular complexity index is 329. The quantitative estimate of drug-likeness (QED) is 0.726. The van der Waals surface area contributed by atoms with Crippen LogP contribution in [0.1, 0.15) is 5.82 Å². The summed E-state index contributed by atoms with van der Waals surface area (Å²) in [5.41, 5.74) is 0. The molecule has 0 amide bonds. The summed E-state index contributed by atoms with van der Waals surface area (Å²) in [6.45, 7) is 2.31. The Morgan fingerprint density at radius 2 is 1.94 bits per heavy atom. The van der Waals surface area contributed by atoms with Crippen molar-refractivity contribution in [1.29, 1.82) is 0 Å². The molecule has 90 valence electrons. The van der Waals surface area contributed by atoms with Crippen molar-refractivity contribution < 1.29 is 14.2 Å². The van der Waals surface area contributed by atoms with Gasteiger partial charge in [-0.1, -0.05) is 0 Å². The maximum Gasteiger partial charge on any atom is 0.218 e. The average Bonchev–Trinajstić information content (AvgIpc) is 2.29. The summed E-state index contributed by atoms with van der Waals surface area (Å²) in [6, 6.07) is 1.72. The number of nitrogens with one attached hydrogen (secondary N) is 1. The third-order valence-corrected chi connectivity index (χ3v) is 2.00. The second-order valence-corrected chi connectivity index (χ2v) is 3.12. The van der Waals surface area contributed by atoms with Crippen molar-refractivity contribution in [1.82, 2.24) is 9.97 Å². The average molecular weight is 227 g/mol. The smallest absolute Gasteiger partial charge is 0.218 e. The summed E-state index contributed by atoms with van der Waals surface area (Å²) in [6.07, 6.45) is -0.304. The SMILES string of the molecule is COc1cc(NCC(OC)OC)nc(C)n1. The molecule has 0 atom stereocenters. The lowest BCUT2D eigenvalue weighted by Crippen LogP contribution is -2.24. The number of nitrogens with zero attached hydrogens (tertiary/aromatic N) is 2. The molecule has 1 aromatic heterocycles. The molecule has 0 unspecified atom stereocenters. The topological polar surface area (TPSA) is 65.5 Å². The van der Waals surface area contributed by atoms with Crippen LogP contribution in [-0.2, 0) is 9.47 Å². The van der Waals surface area contributed by atoms with Gasteiger partial charge in [-0.3, -0.25) is 0 Å². The van der Waals surface area contributed by atoms with Gasteiger partial charge in [0.1, 0.15) is 11.6 Å². The van der Waals surface area contributed by atoms with Gasteiger partial charge in [-0.25, -0.2) is 4.98 Å². The summed E-state index contributed by atoms with van der Waals surface area (Å²) >= 11 is 0. The van der Waals surface area contributed by atoms with E-state index < -0.39 is 0 Å². The van der Waals surface area contributed by atoms with Gasteiger partial charge in [0.05, 0.1) is 13.7 Å². The van der Waals surface area contributed by atoms with Gasteiger partial charge < -0.3 is 19.5 Å². The molecular weight excluding hydrogens is 210 g/mol. The molecule has 1 aromatic rings. The van der Waals surface area contributed by atoms with E-state index in [-0.39, 0.29) is 6.29 Å². The van der Waals surface area contributed by atoms with E-state index in [4.69, 9.17) is 14.2 Å². The van der Waals surface area contributed by atoms with Crippen molar-refractivity contribution in [2.24, 2.45) is 0 Å². The number of aromatic nitrogens is 2. The molecular formula is C10H17N3O3. The Kier molecular flexibility index (Phi) is 4.94. The van der Waals surface area contributed by atoms with E-state index in [0.29, 0.717) is 24.1 Å². The Hall–Kier alpha value is -1.40. The van der Waals surface area contributed by atoms with Crippen LogP contribution in [0.5, 0.6) is 5.88 Å². The summed E-state index contributed by atoms with van der Waals surface area (Å²) in [5.74, 6) is 1.86. The van der Waals surface area contributed by atoms with Crippen LogP contribution in [0.15, 0.2) is 6.07 Å². The van der Waals surface area contributed by atoms with E-state index in [0.717, 1.165) is 0 Å². The maximum absolute atomic E-state index is 5.05. The molecule has 6 nitrogen and oxygen atoms in total. The molecule has 1 heterocycles. The van der Waals surface area contributed by atoms with Gasteiger partial charge >= 0.3 is 0 Å². The van der Waals surface area contributed by atoms with E-state index in [1.807, 2.05) is 0 Å². The number of hydrogen-bond acceptors (Lipinski definition) is 6. The third kappa shape index (κ3) is 3.63. The molecule has 1 rings (SSSR count). The normalized spacial score (nSPS) is 10.6. The highest BCUT2D eigenvalue weighted by molar-refractivity contribution is 5.38. The molecule has 0 bridgehead atoms. The minimum Gasteiger partial charge on any atom is -0.481 e. The van der Waals surface area contributed by atoms with E-state index in [1.54, 1.807) is 34.3 Å². The predicted octanol–water partition coefficient (Wildman–Crippen LogP) is 0.824. The van der Waals surface area contributed by atoms with E-state index in [1.165, 1.54) is 0 Å². The van der Waals surface area contributed by atoms with E-state index in [9.17, 15) is 0 Å². The fourth-order valence-electron chi connectivity index (χ4n) is 1.19. The van der Waals surface area contributed by atoms with Gasteiger partial charge in [-0.15, -0.1) is 0 Å². The number of hydrogen-bond donors (Lipinski definition) is 1. The Morgan fingerprint density at radius 1 is 1.25 bits per heavy atom. The van der Waals surface area contributed by atoms with E-state index >= 15 is 0 Å². The van der Waals surface area contributed by atoms with Crippen LogP contribution in [0.4, 0.5) is 5.82 Å². The number of methoxy groups -OCH3 is 3. The first-order valence-corrected chi connectivity index (χ1v) is 4.88. The van der Waals surface area contributed by atoms with Gasteiger partial charge in [0, 0.05) is 20.3 Å². The first kappa shape index (κ1) is 12.7. The standard InChI is InChI=1S/C10H17N3O3/c1-7-12-8(5-9(13-7)14-2)11-6-10(15-3)16-4/h5,10H,6H2,1-4H3,(H,11,12,13). The van der Waals surface area contributed by atoms with Crippen LogP contribution in [0.2, 0.25) is 0 Å². The van der Waals surface area contributed by atoms with Crippen molar-refractivity contribution in [2.75, 3.05) is 33.2 Å². The minimum absolute atomic E-state index is 0.304. The number of aryl methyl sites for hydroxylation is 1. The molecule has 0 saturated heterocycles. The van der Waals surface area contributed by atoms with Gasteiger partial charge in [-0.2, -0.15) is 4.98 Å². The first-order valence-electron chi connectivity index (χ1n) is 4.88. The highest BCUT2D eigenvalue weighted by Gasteiger charge is 2.06. The summed E-state index contributed by atoms with van der Waals surface area (Å²) in [4.78, 5) is 8.29. The van der Waals surface area contributed by atoms with Crippen LogP contribution in [0.3, 0.4) is 0 Å². The van der Waals surface area contributed by atoms with Crippen molar-refractivity contribution in [3.05, 3.63) is 11.9 Å². The lowest BCUT2D eigenvalue weighted by atomic mass is 10.5. The Morgan fingerprint density at radius 3 is 2.50 bits per heavy atom. The Labute approximate surface area is 95.0 Å².